The van der Waals surface area contributed by atoms with E-state index < -0.39 is 0 Å². The normalized spacial score (nSPS) is 10.7. The second-order valence-electron chi connectivity index (χ2n) is 3.77. The summed E-state index contributed by atoms with van der Waals surface area (Å²) in [5, 5.41) is 2.93. The van der Waals surface area contributed by atoms with Gasteiger partial charge in [0.05, 0.1) is 18.8 Å². The lowest BCUT2D eigenvalue weighted by molar-refractivity contribution is 0.181. The van der Waals surface area contributed by atoms with Gasteiger partial charge in [0.1, 0.15) is 5.82 Å². The molecule has 0 fully saturated rings. The molecule has 0 aliphatic rings. The van der Waals surface area contributed by atoms with Crippen LogP contribution < -0.4 is 5.56 Å². The van der Waals surface area contributed by atoms with Crippen molar-refractivity contribution in [3.63, 3.8) is 0 Å². The molecule has 0 saturated carbocycles. The number of benzene rings is 1. The van der Waals surface area contributed by atoms with Gasteiger partial charge < -0.3 is 4.74 Å². The van der Waals surface area contributed by atoms with E-state index in [0.29, 0.717) is 13.2 Å². The molecular weight excluding hydrogens is 223 g/mol. The molecule has 0 radical (unpaired) electrons. The topological polar surface area (TPSA) is 47.0 Å². The van der Waals surface area contributed by atoms with E-state index in [9.17, 15) is 9.18 Å². The van der Waals surface area contributed by atoms with Gasteiger partial charge >= 0.3 is 0 Å². The second kappa shape index (κ2) is 4.97. The van der Waals surface area contributed by atoms with Crippen LogP contribution in [-0.2, 0) is 17.9 Å². The first kappa shape index (κ1) is 11.6. The summed E-state index contributed by atoms with van der Waals surface area (Å²) in [5.74, 6) is -0.285. The predicted octanol–water partition coefficient (Wildman–Crippen LogP) is 1.51. The Kier molecular flexibility index (Phi) is 3.39. The van der Waals surface area contributed by atoms with Gasteiger partial charge in [-0.1, -0.05) is 12.1 Å². The average molecular weight is 236 g/mol. The first-order valence-corrected chi connectivity index (χ1v) is 5.21. The number of aromatic amines is 1. The van der Waals surface area contributed by atoms with E-state index in [-0.39, 0.29) is 11.4 Å². The molecule has 0 saturated heterocycles. The fraction of sp³-hybridized carbons (Fsp3) is 0.250. The molecule has 0 aliphatic carbocycles. The highest BCUT2D eigenvalue weighted by molar-refractivity contribution is 5.16. The van der Waals surface area contributed by atoms with E-state index in [0.717, 1.165) is 11.3 Å². The SMILES string of the molecule is COCc1cc(=O)n(Cc2ccc(F)cc2)[nH]1. The van der Waals surface area contributed by atoms with Crippen molar-refractivity contribution in [2.75, 3.05) is 7.11 Å². The zero-order valence-corrected chi connectivity index (χ0v) is 9.44. The van der Waals surface area contributed by atoms with Crippen molar-refractivity contribution in [1.29, 1.82) is 0 Å². The molecule has 0 spiro atoms. The van der Waals surface area contributed by atoms with Gasteiger partial charge in [-0.3, -0.25) is 9.89 Å². The third kappa shape index (κ3) is 2.82. The van der Waals surface area contributed by atoms with Gasteiger partial charge in [-0.15, -0.1) is 0 Å². The number of methoxy groups -OCH3 is 1. The minimum absolute atomic E-state index is 0.124. The molecule has 0 unspecified atom stereocenters. The number of nitrogens with zero attached hydrogens (tertiary/aromatic N) is 1. The summed E-state index contributed by atoms with van der Waals surface area (Å²) in [4.78, 5) is 11.6. The van der Waals surface area contributed by atoms with Crippen LogP contribution in [0.1, 0.15) is 11.3 Å². The summed E-state index contributed by atoms with van der Waals surface area (Å²) >= 11 is 0. The molecule has 0 aliphatic heterocycles. The van der Waals surface area contributed by atoms with Crippen molar-refractivity contribution >= 4 is 0 Å². The van der Waals surface area contributed by atoms with Gasteiger partial charge in [0, 0.05) is 13.2 Å². The van der Waals surface area contributed by atoms with Crippen molar-refractivity contribution < 1.29 is 9.13 Å². The van der Waals surface area contributed by atoms with E-state index in [1.165, 1.54) is 22.9 Å². The van der Waals surface area contributed by atoms with Crippen LogP contribution in [0.2, 0.25) is 0 Å². The number of hydrogen-bond donors (Lipinski definition) is 1. The second-order valence-corrected chi connectivity index (χ2v) is 3.77. The summed E-state index contributed by atoms with van der Waals surface area (Å²) < 4.78 is 19.1. The number of ether oxygens (including phenoxy) is 1. The van der Waals surface area contributed by atoms with Crippen LogP contribution in [0.3, 0.4) is 0 Å². The third-order valence-corrected chi connectivity index (χ3v) is 2.40. The summed E-state index contributed by atoms with van der Waals surface area (Å²) in [6.45, 7) is 0.758. The van der Waals surface area contributed by atoms with Gasteiger partial charge in [0.15, 0.2) is 0 Å². The van der Waals surface area contributed by atoms with Crippen LogP contribution in [-0.4, -0.2) is 16.9 Å². The molecule has 1 aromatic heterocycles. The van der Waals surface area contributed by atoms with Gasteiger partial charge in [-0.25, -0.2) is 9.07 Å². The molecule has 17 heavy (non-hydrogen) atoms. The van der Waals surface area contributed by atoms with Crippen molar-refractivity contribution in [1.82, 2.24) is 9.78 Å². The number of rotatable bonds is 4. The van der Waals surface area contributed by atoms with Crippen LogP contribution in [0.5, 0.6) is 0 Å². The Bertz CT molecular complexity index is 542. The van der Waals surface area contributed by atoms with Crippen molar-refractivity contribution in [3.8, 4) is 0 Å². The number of H-pyrrole nitrogens is 1. The number of aromatic nitrogens is 2. The lowest BCUT2D eigenvalue weighted by atomic mass is 10.2. The quantitative estimate of drug-likeness (QED) is 0.874. The van der Waals surface area contributed by atoms with Crippen LogP contribution in [0.25, 0.3) is 0 Å². The summed E-state index contributed by atoms with van der Waals surface area (Å²) in [6.07, 6.45) is 0. The Hall–Kier alpha value is -1.88. The van der Waals surface area contributed by atoms with Crippen molar-refractivity contribution in [3.05, 3.63) is 57.8 Å². The summed E-state index contributed by atoms with van der Waals surface area (Å²) in [7, 11) is 1.57. The predicted molar refractivity (Wildman–Crippen MR) is 61.3 cm³/mol. The number of hydrogen-bond acceptors (Lipinski definition) is 2. The zero-order chi connectivity index (χ0) is 12.3. The summed E-state index contributed by atoms with van der Waals surface area (Å²) in [6, 6.07) is 7.54. The van der Waals surface area contributed by atoms with Gasteiger partial charge in [0.25, 0.3) is 5.56 Å². The smallest absolute Gasteiger partial charge is 0.267 e. The minimum Gasteiger partial charge on any atom is -0.378 e. The monoisotopic (exact) mass is 236 g/mol. The highest BCUT2D eigenvalue weighted by Gasteiger charge is 2.03. The first-order valence-electron chi connectivity index (χ1n) is 5.21. The third-order valence-electron chi connectivity index (χ3n) is 2.40. The molecule has 1 heterocycles. The first-order chi connectivity index (χ1) is 8.19. The lowest BCUT2D eigenvalue weighted by Crippen LogP contribution is -2.16. The Morgan fingerprint density at radius 1 is 1.35 bits per heavy atom. The van der Waals surface area contributed by atoms with E-state index >= 15 is 0 Å². The highest BCUT2D eigenvalue weighted by atomic mass is 19.1. The standard InChI is InChI=1S/C12H13FN2O2/c1-17-8-11-6-12(16)15(14-11)7-9-2-4-10(13)5-3-9/h2-6,14H,7-8H2,1H3. The maximum absolute atomic E-state index is 12.7. The molecule has 2 aromatic rings. The Labute approximate surface area is 97.6 Å². The summed E-state index contributed by atoms with van der Waals surface area (Å²) in [5.41, 5.74) is 1.46. The minimum atomic E-state index is -0.285. The molecule has 0 atom stereocenters. The molecule has 4 nitrogen and oxygen atoms in total. The van der Waals surface area contributed by atoms with Gasteiger partial charge in [0.2, 0.25) is 0 Å². The highest BCUT2D eigenvalue weighted by Crippen LogP contribution is 2.04. The van der Waals surface area contributed by atoms with Crippen LogP contribution in [0.15, 0.2) is 35.1 Å². The maximum Gasteiger partial charge on any atom is 0.267 e. The molecule has 1 aromatic carbocycles. The van der Waals surface area contributed by atoms with E-state index in [4.69, 9.17) is 4.74 Å². The van der Waals surface area contributed by atoms with Crippen LogP contribution in [0, 0.1) is 5.82 Å². The van der Waals surface area contributed by atoms with E-state index in [2.05, 4.69) is 5.10 Å². The van der Waals surface area contributed by atoms with E-state index in [1.807, 2.05) is 0 Å². The van der Waals surface area contributed by atoms with Crippen molar-refractivity contribution in [2.45, 2.75) is 13.2 Å². The Morgan fingerprint density at radius 2 is 2.06 bits per heavy atom. The van der Waals surface area contributed by atoms with E-state index in [1.54, 1.807) is 19.2 Å². The molecule has 1 N–H and O–H groups in total. The number of nitrogens with one attached hydrogen (secondary N) is 1. The van der Waals surface area contributed by atoms with Gasteiger partial charge in [-0.2, -0.15) is 0 Å². The maximum atomic E-state index is 12.7. The van der Waals surface area contributed by atoms with Gasteiger partial charge in [-0.05, 0) is 17.7 Å². The fourth-order valence-corrected chi connectivity index (χ4v) is 1.61. The number of halogens is 1. The van der Waals surface area contributed by atoms with Crippen LogP contribution >= 0.6 is 0 Å². The van der Waals surface area contributed by atoms with Crippen molar-refractivity contribution in [2.24, 2.45) is 0 Å². The van der Waals surface area contributed by atoms with Crippen LogP contribution in [0.4, 0.5) is 4.39 Å². The lowest BCUT2D eigenvalue weighted by Gasteiger charge is -2.02. The average Bonchev–Trinajstić information content (AvgIpc) is 2.63. The largest absolute Gasteiger partial charge is 0.378 e. The Balaban J connectivity index is 2.18. The molecule has 5 heteroatoms. The molecule has 2 rings (SSSR count). The fourth-order valence-electron chi connectivity index (χ4n) is 1.61. The molecule has 0 amide bonds. The Morgan fingerprint density at radius 3 is 2.71 bits per heavy atom. The molecule has 90 valence electrons. The zero-order valence-electron chi connectivity index (χ0n) is 9.44. The molecule has 0 bridgehead atoms. The molecular formula is C12H13FN2O2.